The normalized spacial score (nSPS) is 13.4. The smallest absolute Gasteiger partial charge is 0.230 e. The Morgan fingerprint density at radius 1 is 1.05 bits per heavy atom. The number of nitrogen functional groups attached to an aromatic ring is 1. The molecule has 3 heterocycles. The van der Waals surface area contributed by atoms with Gasteiger partial charge in [0, 0.05) is 43.9 Å². The Bertz CT molecular complexity index is 1410. The van der Waals surface area contributed by atoms with Gasteiger partial charge >= 0.3 is 0 Å². The Labute approximate surface area is 223 Å². The fraction of sp³-hybridized carbons (Fsp3) is 0.321. The van der Waals surface area contributed by atoms with Crippen molar-refractivity contribution < 1.29 is 9.47 Å². The second-order valence-electron chi connectivity index (χ2n) is 9.71. The first-order valence-corrected chi connectivity index (χ1v) is 12.6. The van der Waals surface area contributed by atoms with E-state index in [0.29, 0.717) is 29.0 Å². The monoisotopic (exact) mass is 514 g/mol. The number of hydrogen-bond donors (Lipinski definition) is 2. The fourth-order valence-electron chi connectivity index (χ4n) is 4.37. The zero-order valence-electron chi connectivity index (χ0n) is 22.3. The highest BCUT2D eigenvalue weighted by Crippen LogP contribution is 2.36. The van der Waals surface area contributed by atoms with Gasteiger partial charge in [-0.1, -0.05) is 18.2 Å². The Kier molecular flexibility index (Phi) is 7.32. The summed E-state index contributed by atoms with van der Waals surface area (Å²) in [6, 6.07) is 15.8. The van der Waals surface area contributed by atoms with Crippen molar-refractivity contribution in [3.05, 3.63) is 60.9 Å². The van der Waals surface area contributed by atoms with E-state index in [-0.39, 0.29) is 6.10 Å². The number of ether oxygens (including phenoxy) is 2. The number of aromatic nitrogens is 3. The van der Waals surface area contributed by atoms with Crippen molar-refractivity contribution in [2.75, 3.05) is 75.3 Å². The van der Waals surface area contributed by atoms with Gasteiger partial charge in [-0.05, 0) is 32.3 Å². The lowest BCUT2D eigenvalue weighted by molar-refractivity contribution is 0.160. The predicted octanol–water partition coefficient (Wildman–Crippen LogP) is 3.62. The number of benzene rings is 2. The summed E-state index contributed by atoms with van der Waals surface area (Å²) in [7, 11) is 7.75. The first-order chi connectivity index (χ1) is 18.4. The van der Waals surface area contributed by atoms with Gasteiger partial charge in [-0.25, -0.2) is 4.98 Å². The maximum absolute atomic E-state index is 6.39. The molecule has 3 N–H and O–H groups in total. The Balaban J connectivity index is 1.22. The minimum absolute atomic E-state index is 0.0337. The number of hydrogen-bond acceptors (Lipinski definition) is 10. The molecule has 38 heavy (non-hydrogen) atoms. The van der Waals surface area contributed by atoms with Crippen molar-refractivity contribution >= 4 is 39.6 Å². The molecule has 0 atom stereocenters. The molecular formula is C28H34N8O2. The summed E-state index contributed by atoms with van der Waals surface area (Å²) < 4.78 is 11.8. The molecule has 10 nitrogen and oxygen atoms in total. The predicted molar refractivity (Wildman–Crippen MR) is 153 cm³/mol. The van der Waals surface area contributed by atoms with Crippen molar-refractivity contribution in [2.45, 2.75) is 6.10 Å². The third-order valence-corrected chi connectivity index (χ3v) is 6.60. The Morgan fingerprint density at radius 2 is 1.87 bits per heavy atom. The molecule has 0 aliphatic carbocycles. The van der Waals surface area contributed by atoms with Crippen molar-refractivity contribution in [1.29, 1.82) is 0 Å². The zero-order valence-corrected chi connectivity index (χ0v) is 22.3. The van der Waals surface area contributed by atoms with Gasteiger partial charge in [-0.3, -0.25) is 4.98 Å². The second kappa shape index (κ2) is 11.0. The number of nitrogens with zero attached hydrogens (tertiary/aromatic N) is 6. The lowest BCUT2D eigenvalue weighted by atomic mass is 10.1. The summed E-state index contributed by atoms with van der Waals surface area (Å²) in [6.45, 7) is 3.28. The number of para-hydroxylation sites is 1. The summed E-state index contributed by atoms with van der Waals surface area (Å²) in [4.78, 5) is 20.0. The van der Waals surface area contributed by atoms with Crippen LogP contribution < -0.4 is 30.3 Å². The van der Waals surface area contributed by atoms with Crippen molar-refractivity contribution in [1.82, 2.24) is 19.9 Å². The van der Waals surface area contributed by atoms with Crippen LogP contribution in [0.25, 0.3) is 10.9 Å². The van der Waals surface area contributed by atoms with Crippen LogP contribution in [0.1, 0.15) is 0 Å². The van der Waals surface area contributed by atoms with E-state index in [1.165, 1.54) is 0 Å². The van der Waals surface area contributed by atoms with Gasteiger partial charge in [0.15, 0.2) is 0 Å². The van der Waals surface area contributed by atoms with Gasteiger partial charge in [0.05, 0.1) is 54.7 Å². The van der Waals surface area contributed by atoms with Crippen molar-refractivity contribution in [2.24, 2.45) is 0 Å². The van der Waals surface area contributed by atoms with Crippen LogP contribution in [0.3, 0.4) is 0 Å². The molecule has 0 spiro atoms. The summed E-state index contributed by atoms with van der Waals surface area (Å²) in [5, 5.41) is 4.36. The lowest BCUT2D eigenvalue weighted by Crippen LogP contribution is -2.54. The molecule has 0 unspecified atom stereocenters. The number of rotatable bonds is 10. The highest BCUT2D eigenvalue weighted by Gasteiger charge is 2.29. The first-order valence-electron chi connectivity index (χ1n) is 12.6. The van der Waals surface area contributed by atoms with Crippen LogP contribution in [0.2, 0.25) is 0 Å². The van der Waals surface area contributed by atoms with Gasteiger partial charge < -0.3 is 35.2 Å². The number of nitrogens with one attached hydrogen (secondary N) is 1. The van der Waals surface area contributed by atoms with Crippen molar-refractivity contribution in [3.63, 3.8) is 0 Å². The molecule has 1 aliphatic rings. The summed E-state index contributed by atoms with van der Waals surface area (Å²) in [5.74, 6) is 1.57. The van der Waals surface area contributed by atoms with Gasteiger partial charge in [-0.2, -0.15) is 4.98 Å². The maximum atomic E-state index is 6.39. The quantitative estimate of drug-likeness (QED) is 0.305. The third kappa shape index (κ3) is 5.65. The average molecular weight is 515 g/mol. The summed E-state index contributed by atoms with van der Waals surface area (Å²) in [6.07, 6.45) is 3.62. The van der Waals surface area contributed by atoms with Crippen molar-refractivity contribution in [3.8, 4) is 11.6 Å². The van der Waals surface area contributed by atoms with Crippen LogP contribution >= 0.6 is 0 Å². The standard InChI is InChI=1S/C28H34N8O2/c1-34(2)11-12-35(3)25-15-26(37-4)24(14-22(25)29)32-28-30-10-9-27(33-28)38-21-17-36(18-21)20-13-19-7-5-6-8-23(19)31-16-20/h5-10,13-16,21H,11-12,17-18,29H2,1-4H3,(H,30,32,33). The number of methoxy groups -OCH3 is 1. The van der Waals surface area contributed by atoms with Crippen LogP contribution in [-0.2, 0) is 0 Å². The van der Waals surface area contributed by atoms with Crippen LogP contribution in [0.4, 0.5) is 28.7 Å². The minimum Gasteiger partial charge on any atom is -0.494 e. The zero-order chi connectivity index (χ0) is 26.6. The van der Waals surface area contributed by atoms with Gasteiger partial charge in [0.2, 0.25) is 11.8 Å². The highest BCUT2D eigenvalue weighted by atomic mass is 16.5. The molecule has 1 aliphatic heterocycles. The SMILES string of the molecule is COc1cc(N(C)CCN(C)C)c(N)cc1Nc1nccc(OC2CN(c3cnc4ccccc4c3)C2)n1. The molecule has 10 heteroatoms. The molecule has 0 amide bonds. The van der Waals surface area contributed by atoms with Crippen LogP contribution in [0, 0.1) is 0 Å². The first kappa shape index (κ1) is 25.3. The molecular weight excluding hydrogens is 480 g/mol. The van der Waals surface area contributed by atoms with E-state index >= 15 is 0 Å². The van der Waals surface area contributed by atoms with E-state index in [1.54, 1.807) is 19.4 Å². The number of anilines is 5. The lowest BCUT2D eigenvalue weighted by Gasteiger charge is -2.40. The molecule has 0 saturated carbocycles. The van der Waals surface area contributed by atoms with E-state index in [9.17, 15) is 0 Å². The molecule has 2 aromatic heterocycles. The highest BCUT2D eigenvalue weighted by molar-refractivity contribution is 5.82. The van der Waals surface area contributed by atoms with E-state index in [2.05, 4.69) is 47.1 Å². The van der Waals surface area contributed by atoms with E-state index in [0.717, 1.165) is 48.5 Å². The molecule has 2 aromatic carbocycles. The minimum atomic E-state index is 0.0337. The summed E-state index contributed by atoms with van der Waals surface area (Å²) >= 11 is 0. The topological polar surface area (TPSA) is 105 Å². The molecule has 1 fully saturated rings. The second-order valence-corrected chi connectivity index (χ2v) is 9.71. The Morgan fingerprint density at radius 3 is 2.66 bits per heavy atom. The third-order valence-electron chi connectivity index (χ3n) is 6.60. The number of nitrogens with two attached hydrogens (primary N) is 1. The number of pyridine rings is 1. The molecule has 0 bridgehead atoms. The average Bonchev–Trinajstić information content (AvgIpc) is 2.89. The van der Waals surface area contributed by atoms with Crippen LogP contribution in [-0.4, -0.2) is 80.4 Å². The Hall–Kier alpha value is -4.31. The maximum Gasteiger partial charge on any atom is 0.230 e. The molecule has 5 rings (SSSR count). The van der Waals surface area contributed by atoms with Gasteiger partial charge in [0.1, 0.15) is 11.9 Å². The number of fused-ring (bicyclic) bond motifs is 1. The van der Waals surface area contributed by atoms with Gasteiger partial charge in [0.25, 0.3) is 0 Å². The number of likely N-dealkylation sites (N-methyl/N-ethyl adjacent to an activating group) is 2. The van der Waals surface area contributed by atoms with E-state index in [1.807, 2.05) is 57.7 Å². The van der Waals surface area contributed by atoms with E-state index in [4.69, 9.17) is 15.2 Å². The van der Waals surface area contributed by atoms with Crippen LogP contribution in [0.15, 0.2) is 60.9 Å². The largest absolute Gasteiger partial charge is 0.494 e. The molecule has 198 valence electrons. The summed E-state index contributed by atoms with van der Waals surface area (Å²) in [5.41, 5.74) is 10.7. The molecule has 4 aromatic rings. The van der Waals surface area contributed by atoms with Gasteiger partial charge in [-0.15, -0.1) is 0 Å². The molecule has 1 saturated heterocycles. The fourth-order valence-corrected chi connectivity index (χ4v) is 4.37. The van der Waals surface area contributed by atoms with E-state index < -0.39 is 0 Å². The van der Waals surface area contributed by atoms with Crippen LogP contribution in [0.5, 0.6) is 11.6 Å². The molecule has 0 radical (unpaired) electrons.